The average molecular weight is 252 g/mol. The summed E-state index contributed by atoms with van der Waals surface area (Å²) in [7, 11) is 0. The van der Waals surface area contributed by atoms with Crippen LogP contribution in [0.5, 0.6) is 0 Å². The highest BCUT2D eigenvalue weighted by molar-refractivity contribution is 4.79. The molecular weight excluding hydrogens is 220 g/mol. The van der Waals surface area contributed by atoms with Crippen molar-refractivity contribution in [3.63, 3.8) is 0 Å². The molecule has 0 amide bonds. The van der Waals surface area contributed by atoms with Gasteiger partial charge in [0.15, 0.2) is 0 Å². The van der Waals surface area contributed by atoms with E-state index in [1.54, 1.807) is 0 Å². The van der Waals surface area contributed by atoms with E-state index in [9.17, 15) is 0 Å². The van der Waals surface area contributed by atoms with Gasteiger partial charge in [-0.25, -0.2) is 0 Å². The van der Waals surface area contributed by atoms with Crippen LogP contribution in [0.2, 0.25) is 0 Å². The summed E-state index contributed by atoms with van der Waals surface area (Å²) in [5.41, 5.74) is 0. The Bertz CT molecular complexity index is 221. The molecule has 18 heavy (non-hydrogen) atoms. The van der Waals surface area contributed by atoms with Crippen LogP contribution >= 0.6 is 0 Å². The van der Waals surface area contributed by atoms with Crippen molar-refractivity contribution in [3.05, 3.63) is 0 Å². The Kier molecular flexibility index (Phi) is 5.97. The zero-order chi connectivity index (χ0) is 12.8. The van der Waals surface area contributed by atoms with Gasteiger partial charge in [-0.2, -0.15) is 0 Å². The first-order valence-electron chi connectivity index (χ1n) is 8.23. The normalized spacial score (nSPS) is 35.3. The van der Waals surface area contributed by atoms with Gasteiger partial charge >= 0.3 is 0 Å². The van der Waals surface area contributed by atoms with Crippen LogP contribution in [-0.4, -0.2) is 37.1 Å². The van der Waals surface area contributed by atoms with E-state index in [-0.39, 0.29) is 0 Å². The topological polar surface area (TPSA) is 15.3 Å². The second-order valence-corrected chi connectivity index (χ2v) is 6.68. The lowest BCUT2D eigenvalue weighted by atomic mass is 9.83. The van der Waals surface area contributed by atoms with Gasteiger partial charge in [-0.15, -0.1) is 0 Å². The minimum absolute atomic E-state index is 0.750. The fraction of sp³-hybridized carbons (Fsp3) is 1.00. The Morgan fingerprint density at radius 2 is 1.94 bits per heavy atom. The molecule has 0 aromatic carbocycles. The van der Waals surface area contributed by atoms with Gasteiger partial charge in [0.05, 0.1) is 0 Å². The molecule has 0 aromatic heterocycles. The van der Waals surface area contributed by atoms with Gasteiger partial charge in [0, 0.05) is 19.1 Å². The van der Waals surface area contributed by atoms with Crippen LogP contribution in [-0.2, 0) is 0 Å². The van der Waals surface area contributed by atoms with E-state index in [0.29, 0.717) is 0 Å². The molecule has 1 heterocycles. The molecule has 1 aliphatic carbocycles. The van der Waals surface area contributed by atoms with Crippen LogP contribution in [0.15, 0.2) is 0 Å². The quantitative estimate of drug-likeness (QED) is 0.826. The van der Waals surface area contributed by atoms with E-state index >= 15 is 0 Å². The van der Waals surface area contributed by atoms with Crippen LogP contribution in [0.25, 0.3) is 0 Å². The molecule has 1 saturated carbocycles. The van der Waals surface area contributed by atoms with Crippen LogP contribution in [0.1, 0.15) is 58.8 Å². The monoisotopic (exact) mass is 252 g/mol. The van der Waals surface area contributed by atoms with E-state index < -0.39 is 0 Å². The van der Waals surface area contributed by atoms with Gasteiger partial charge in [-0.1, -0.05) is 33.1 Å². The summed E-state index contributed by atoms with van der Waals surface area (Å²) in [6.07, 6.45) is 9.88. The molecule has 1 unspecified atom stereocenters. The van der Waals surface area contributed by atoms with E-state index in [1.165, 1.54) is 71.1 Å². The third-order valence-corrected chi connectivity index (χ3v) is 4.85. The predicted octanol–water partition coefficient (Wildman–Crippen LogP) is 3.28. The van der Waals surface area contributed by atoms with Crippen molar-refractivity contribution in [2.75, 3.05) is 26.2 Å². The molecule has 0 aromatic rings. The van der Waals surface area contributed by atoms with Gasteiger partial charge in [-0.05, 0) is 50.6 Å². The Morgan fingerprint density at radius 3 is 2.67 bits per heavy atom. The lowest BCUT2D eigenvalue weighted by molar-refractivity contribution is 0.180. The van der Waals surface area contributed by atoms with E-state index in [4.69, 9.17) is 0 Å². The van der Waals surface area contributed by atoms with Crippen LogP contribution in [0.4, 0.5) is 0 Å². The van der Waals surface area contributed by atoms with Gasteiger partial charge in [0.2, 0.25) is 0 Å². The standard InChI is InChI=1S/C16H32N2/c1-3-5-16-13-18(11-4-10-17-16)12-15-8-6-14(2)7-9-15/h14-17H,3-13H2,1-2H3. The summed E-state index contributed by atoms with van der Waals surface area (Å²) in [5.74, 6) is 1.97. The van der Waals surface area contributed by atoms with Crippen molar-refractivity contribution < 1.29 is 0 Å². The van der Waals surface area contributed by atoms with E-state index in [2.05, 4.69) is 24.1 Å². The molecule has 0 spiro atoms. The molecule has 0 bridgehead atoms. The van der Waals surface area contributed by atoms with Gasteiger partial charge in [-0.3, -0.25) is 0 Å². The van der Waals surface area contributed by atoms with Gasteiger partial charge < -0.3 is 10.2 Å². The maximum atomic E-state index is 3.72. The van der Waals surface area contributed by atoms with Crippen molar-refractivity contribution in [1.82, 2.24) is 10.2 Å². The van der Waals surface area contributed by atoms with Gasteiger partial charge in [0.25, 0.3) is 0 Å². The van der Waals surface area contributed by atoms with Gasteiger partial charge in [0.1, 0.15) is 0 Å². The smallest absolute Gasteiger partial charge is 0.0194 e. The molecule has 106 valence electrons. The largest absolute Gasteiger partial charge is 0.313 e. The first kappa shape index (κ1) is 14.3. The molecule has 1 atom stereocenters. The Balaban J connectivity index is 1.76. The molecule has 1 aliphatic heterocycles. The summed E-state index contributed by atoms with van der Waals surface area (Å²) >= 11 is 0. The molecule has 2 nitrogen and oxygen atoms in total. The summed E-state index contributed by atoms with van der Waals surface area (Å²) in [6, 6.07) is 0.750. The molecule has 2 heteroatoms. The molecule has 1 saturated heterocycles. The summed E-state index contributed by atoms with van der Waals surface area (Å²) in [6.45, 7) is 9.93. The third kappa shape index (κ3) is 4.55. The number of hydrogen-bond acceptors (Lipinski definition) is 2. The zero-order valence-electron chi connectivity index (χ0n) is 12.5. The minimum Gasteiger partial charge on any atom is -0.313 e. The number of hydrogen-bond donors (Lipinski definition) is 1. The number of nitrogens with one attached hydrogen (secondary N) is 1. The van der Waals surface area contributed by atoms with Crippen molar-refractivity contribution in [1.29, 1.82) is 0 Å². The second kappa shape index (κ2) is 7.49. The fourth-order valence-corrected chi connectivity index (χ4v) is 3.66. The SMILES string of the molecule is CCCC1CN(CC2CCC(C)CC2)CCCN1. The van der Waals surface area contributed by atoms with E-state index in [0.717, 1.165) is 17.9 Å². The first-order chi connectivity index (χ1) is 8.78. The maximum absolute atomic E-state index is 3.72. The Hall–Kier alpha value is -0.0800. The fourth-order valence-electron chi connectivity index (χ4n) is 3.66. The maximum Gasteiger partial charge on any atom is 0.0194 e. The molecular formula is C16H32N2. The average Bonchev–Trinajstić information content (AvgIpc) is 2.58. The molecule has 2 fully saturated rings. The minimum atomic E-state index is 0.750. The van der Waals surface area contributed by atoms with Crippen LogP contribution in [0.3, 0.4) is 0 Å². The molecule has 2 rings (SSSR count). The number of rotatable bonds is 4. The third-order valence-electron chi connectivity index (χ3n) is 4.85. The molecule has 2 aliphatic rings. The predicted molar refractivity (Wildman–Crippen MR) is 78.9 cm³/mol. The highest BCUT2D eigenvalue weighted by Gasteiger charge is 2.23. The van der Waals surface area contributed by atoms with Crippen molar-refractivity contribution in [2.45, 2.75) is 64.8 Å². The summed E-state index contributed by atoms with van der Waals surface area (Å²) in [4.78, 5) is 2.75. The molecule has 0 radical (unpaired) electrons. The Morgan fingerprint density at radius 1 is 1.17 bits per heavy atom. The lowest BCUT2D eigenvalue weighted by Crippen LogP contribution is -2.40. The lowest BCUT2D eigenvalue weighted by Gasteiger charge is -2.32. The van der Waals surface area contributed by atoms with E-state index in [1.807, 2.05) is 0 Å². The highest BCUT2D eigenvalue weighted by atomic mass is 15.2. The highest BCUT2D eigenvalue weighted by Crippen LogP contribution is 2.29. The second-order valence-electron chi connectivity index (χ2n) is 6.68. The zero-order valence-corrected chi connectivity index (χ0v) is 12.5. The van der Waals surface area contributed by atoms with Crippen molar-refractivity contribution in [3.8, 4) is 0 Å². The van der Waals surface area contributed by atoms with Crippen molar-refractivity contribution in [2.24, 2.45) is 11.8 Å². The Labute approximate surface area is 114 Å². The molecule has 1 N–H and O–H groups in total. The summed E-state index contributed by atoms with van der Waals surface area (Å²) in [5, 5.41) is 3.72. The first-order valence-corrected chi connectivity index (χ1v) is 8.23. The van der Waals surface area contributed by atoms with Crippen molar-refractivity contribution >= 4 is 0 Å². The summed E-state index contributed by atoms with van der Waals surface area (Å²) < 4.78 is 0. The van der Waals surface area contributed by atoms with Crippen LogP contribution < -0.4 is 5.32 Å². The number of nitrogens with zero attached hydrogens (tertiary/aromatic N) is 1. The van der Waals surface area contributed by atoms with Crippen LogP contribution in [0, 0.1) is 11.8 Å².